The fourth-order valence-corrected chi connectivity index (χ4v) is 1.39. The van der Waals surface area contributed by atoms with Gasteiger partial charge in [-0.15, -0.1) is 0 Å². The average molecular weight is 280 g/mol. The largest absolute Gasteiger partial charge is 0.481 e. The highest BCUT2D eigenvalue weighted by molar-refractivity contribution is 5.91. The van der Waals surface area contributed by atoms with Gasteiger partial charge in [-0.2, -0.15) is 0 Å². The van der Waals surface area contributed by atoms with Crippen LogP contribution in [0.3, 0.4) is 0 Å². The van der Waals surface area contributed by atoms with Crippen LogP contribution in [0.25, 0.3) is 0 Å². The van der Waals surface area contributed by atoms with Gasteiger partial charge in [-0.05, 0) is 0 Å². The van der Waals surface area contributed by atoms with Crippen molar-refractivity contribution in [2.45, 2.75) is 13.0 Å². The molecular formula is C15H22NO4+. The van der Waals surface area contributed by atoms with Crippen LogP contribution >= 0.6 is 0 Å². The highest BCUT2D eigenvalue weighted by Crippen LogP contribution is 2.05. The summed E-state index contributed by atoms with van der Waals surface area (Å²) < 4.78 is 0.990. The summed E-state index contributed by atoms with van der Waals surface area (Å²) in [6.45, 7) is 4.11. The predicted octanol–water partition coefficient (Wildman–Crippen LogP) is 1.99. The molecular weight excluding hydrogens is 258 g/mol. The Balaban J connectivity index is 0.000000370. The molecule has 0 aliphatic heterocycles. The summed E-state index contributed by atoms with van der Waals surface area (Å²) in [5.41, 5.74) is 1.10. The third-order valence-corrected chi connectivity index (χ3v) is 2.17. The summed E-state index contributed by atoms with van der Waals surface area (Å²) >= 11 is 0. The van der Waals surface area contributed by atoms with Crippen molar-refractivity contribution in [2.75, 3.05) is 21.1 Å². The summed E-state index contributed by atoms with van der Waals surface area (Å²) in [7, 11) is 6.60. The Morgan fingerprint density at radius 3 is 1.90 bits per heavy atom. The molecule has 110 valence electrons. The molecule has 0 amide bonds. The number of carbonyl (C=O) groups is 2. The van der Waals surface area contributed by atoms with Crippen LogP contribution < -0.4 is 0 Å². The second-order valence-electron chi connectivity index (χ2n) is 5.41. The Labute approximate surface area is 119 Å². The van der Waals surface area contributed by atoms with E-state index in [2.05, 4.69) is 58.1 Å². The maximum Gasteiger partial charge on any atom is 0.331 e. The maximum absolute atomic E-state index is 9.87. The molecule has 0 spiro atoms. The third-order valence-electron chi connectivity index (χ3n) is 2.17. The van der Waals surface area contributed by atoms with Crippen LogP contribution in [0.15, 0.2) is 42.5 Å². The van der Waals surface area contributed by atoms with E-state index in [1.54, 1.807) is 0 Å². The normalized spacial score (nSPS) is 10.2. The van der Waals surface area contributed by atoms with Crippen molar-refractivity contribution in [3.63, 3.8) is 0 Å². The number of carboxylic acid groups (broad SMARTS) is 2. The van der Waals surface area contributed by atoms with Crippen LogP contribution in [0.4, 0.5) is 0 Å². The summed E-state index contributed by atoms with van der Waals surface area (Å²) in [5.74, 6) is -2.44. The van der Waals surface area contributed by atoms with E-state index >= 15 is 0 Å². The zero-order chi connectivity index (χ0) is 15.8. The van der Waals surface area contributed by atoms with Crippen molar-refractivity contribution >= 4 is 11.9 Å². The number of quaternary nitrogens is 1. The lowest BCUT2D eigenvalue weighted by molar-refractivity contribution is -0.884. The van der Waals surface area contributed by atoms with Gasteiger partial charge in [0.25, 0.3) is 0 Å². The molecule has 0 saturated heterocycles. The molecule has 5 nitrogen and oxygen atoms in total. The number of nitrogens with zero attached hydrogens (tertiary/aromatic N) is 1. The van der Waals surface area contributed by atoms with Gasteiger partial charge in [-0.1, -0.05) is 36.9 Å². The molecule has 0 bridgehead atoms. The lowest BCUT2D eigenvalue weighted by Gasteiger charge is -2.23. The Morgan fingerprint density at radius 1 is 1.10 bits per heavy atom. The first-order valence-electron chi connectivity index (χ1n) is 6.09. The summed E-state index contributed by atoms with van der Waals surface area (Å²) in [6, 6.07) is 10.6. The summed E-state index contributed by atoms with van der Waals surface area (Å²) in [4.78, 5) is 19.7. The molecule has 5 heteroatoms. The molecule has 1 rings (SSSR count). The third kappa shape index (κ3) is 9.85. The SMILES string of the molecule is C=C(CC(=O)O)C(=O)O.C[N+](C)(C)Cc1ccccc1. The second kappa shape index (κ2) is 8.12. The van der Waals surface area contributed by atoms with Crippen molar-refractivity contribution in [3.05, 3.63) is 48.0 Å². The van der Waals surface area contributed by atoms with Crippen molar-refractivity contribution in [3.8, 4) is 0 Å². The standard InChI is InChI=1S/C10H16N.C5H6O4/c1-11(2,3)9-10-7-5-4-6-8-10;1-3(5(8)9)2-4(6)7/h4-8H,9H2,1-3H3;1-2H2,(H,6,7)(H,8,9)/q+1;. The van der Waals surface area contributed by atoms with Gasteiger partial charge >= 0.3 is 11.9 Å². The molecule has 0 saturated carbocycles. The highest BCUT2D eigenvalue weighted by atomic mass is 16.4. The zero-order valence-corrected chi connectivity index (χ0v) is 12.2. The Hall–Kier alpha value is -2.14. The fourth-order valence-electron chi connectivity index (χ4n) is 1.39. The summed E-state index contributed by atoms with van der Waals surface area (Å²) in [6.07, 6.45) is -0.505. The van der Waals surface area contributed by atoms with Gasteiger partial charge in [0.15, 0.2) is 0 Å². The van der Waals surface area contributed by atoms with E-state index < -0.39 is 18.4 Å². The van der Waals surface area contributed by atoms with Crippen LogP contribution in [0.1, 0.15) is 12.0 Å². The molecule has 0 radical (unpaired) electrons. The van der Waals surface area contributed by atoms with Crippen molar-refractivity contribution in [1.82, 2.24) is 0 Å². The molecule has 2 N–H and O–H groups in total. The Kier molecular flexibility index (Phi) is 7.25. The first-order chi connectivity index (χ1) is 9.11. The quantitative estimate of drug-likeness (QED) is 0.639. The highest BCUT2D eigenvalue weighted by Gasteiger charge is 2.07. The van der Waals surface area contributed by atoms with Gasteiger partial charge in [0, 0.05) is 11.1 Å². The first kappa shape index (κ1) is 17.9. The van der Waals surface area contributed by atoms with E-state index in [0.717, 1.165) is 11.0 Å². The van der Waals surface area contributed by atoms with Crippen LogP contribution in [-0.4, -0.2) is 47.8 Å². The van der Waals surface area contributed by atoms with Gasteiger partial charge in [0.2, 0.25) is 0 Å². The summed E-state index contributed by atoms with van der Waals surface area (Å²) in [5, 5.41) is 16.1. The Bertz CT molecular complexity index is 461. The van der Waals surface area contributed by atoms with Gasteiger partial charge < -0.3 is 14.7 Å². The number of hydrogen-bond donors (Lipinski definition) is 2. The van der Waals surface area contributed by atoms with Gasteiger partial charge in [-0.25, -0.2) is 4.79 Å². The molecule has 0 heterocycles. The minimum Gasteiger partial charge on any atom is -0.481 e. The first-order valence-corrected chi connectivity index (χ1v) is 6.09. The van der Waals surface area contributed by atoms with Crippen molar-refractivity contribution in [2.24, 2.45) is 0 Å². The van der Waals surface area contributed by atoms with Gasteiger partial charge in [0.05, 0.1) is 27.6 Å². The molecule has 0 aliphatic carbocycles. The van der Waals surface area contributed by atoms with E-state index in [-0.39, 0.29) is 5.57 Å². The van der Waals surface area contributed by atoms with Crippen LogP contribution in [0.5, 0.6) is 0 Å². The molecule has 0 unspecified atom stereocenters. The molecule has 1 aromatic carbocycles. The lowest BCUT2D eigenvalue weighted by atomic mass is 10.2. The van der Waals surface area contributed by atoms with Gasteiger partial charge in [-0.3, -0.25) is 4.79 Å². The smallest absolute Gasteiger partial charge is 0.331 e. The monoisotopic (exact) mass is 280 g/mol. The minimum absolute atomic E-state index is 0.303. The molecule has 1 aromatic rings. The Morgan fingerprint density at radius 2 is 1.60 bits per heavy atom. The van der Waals surface area contributed by atoms with E-state index in [4.69, 9.17) is 10.2 Å². The molecule has 0 fully saturated rings. The topological polar surface area (TPSA) is 74.6 Å². The van der Waals surface area contributed by atoms with E-state index in [1.807, 2.05) is 0 Å². The molecule has 0 aliphatic rings. The molecule has 0 atom stereocenters. The van der Waals surface area contributed by atoms with Crippen LogP contribution in [0.2, 0.25) is 0 Å². The van der Waals surface area contributed by atoms with E-state index in [9.17, 15) is 9.59 Å². The van der Waals surface area contributed by atoms with E-state index in [1.165, 1.54) is 5.56 Å². The molecule has 20 heavy (non-hydrogen) atoms. The maximum atomic E-state index is 9.87. The molecule has 0 aromatic heterocycles. The van der Waals surface area contributed by atoms with Crippen LogP contribution in [-0.2, 0) is 16.1 Å². The predicted molar refractivity (Wildman–Crippen MR) is 77.2 cm³/mol. The lowest BCUT2D eigenvalue weighted by Crippen LogP contribution is -2.33. The average Bonchev–Trinajstić information content (AvgIpc) is 2.27. The van der Waals surface area contributed by atoms with Crippen molar-refractivity contribution < 1.29 is 24.3 Å². The minimum atomic E-state index is -1.27. The number of carboxylic acids is 2. The van der Waals surface area contributed by atoms with E-state index in [0.29, 0.717) is 0 Å². The van der Waals surface area contributed by atoms with Gasteiger partial charge in [0.1, 0.15) is 6.54 Å². The number of benzene rings is 1. The van der Waals surface area contributed by atoms with Crippen LogP contribution in [0, 0.1) is 0 Å². The van der Waals surface area contributed by atoms with Crippen molar-refractivity contribution in [1.29, 1.82) is 0 Å². The number of rotatable bonds is 5. The number of hydrogen-bond acceptors (Lipinski definition) is 2. The second-order valence-corrected chi connectivity index (χ2v) is 5.41. The fraction of sp³-hybridized carbons (Fsp3) is 0.333. The number of aliphatic carboxylic acids is 2. The zero-order valence-electron chi connectivity index (χ0n) is 12.2.